The van der Waals surface area contributed by atoms with Gasteiger partial charge in [0, 0.05) is 11.6 Å². The largest absolute Gasteiger partial charge is 0.435 e. The minimum absolute atomic E-state index is 0.0875. The number of hydrogen-bond acceptors (Lipinski definition) is 3. The molecule has 2 amide bonds. The van der Waals surface area contributed by atoms with E-state index in [0.29, 0.717) is 12.8 Å². The molecular weight excluding hydrogens is 282 g/mol. The van der Waals surface area contributed by atoms with E-state index < -0.39 is 18.4 Å². The molecule has 0 aromatic heterocycles. The van der Waals surface area contributed by atoms with Crippen LogP contribution in [0.5, 0.6) is 5.75 Å². The van der Waals surface area contributed by atoms with Gasteiger partial charge in [0.15, 0.2) is 0 Å². The van der Waals surface area contributed by atoms with Gasteiger partial charge in [-0.25, -0.2) is 0 Å². The lowest BCUT2D eigenvalue weighted by Crippen LogP contribution is -2.42. The van der Waals surface area contributed by atoms with E-state index in [0.717, 1.165) is 6.42 Å². The van der Waals surface area contributed by atoms with E-state index in [9.17, 15) is 18.4 Å². The van der Waals surface area contributed by atoms with Gasteiger partial charge in [-0.15, -0.1) is 0 Å². The Hall–Kier alpha value is -2.18. The standard InChI is InChI=1S/C14H16F2N2O3/c15-14(16)21-9-4-1-3-8(7-9)13(20)18-11-6-2-5-10(11)12(17)19/h1,3-4,7,10-11,14H,2,5-6H2,(H2,17,19)(H,18,20)/t10-,11+/m0/s1. The van der Waals surface area contributed by atoms with Crippen LogP contribution < -0.4 is 15.8 Å². The van der Waals surface area contributed by atoms with Crippen molar-refractivity contribution in [3.63, 3.8) is 0 Å². The smallest absolute Gasteiger partial charge is 0.387 e. The molecule has 0 aliphatic heterocycles. The van der Waals surface area contributed by atoms with Crippen molar-refractivity contribution in [2.45, 2.75) is 31.9 Å². The number of nitrogens with one attached hydrogen (secondary N) is 1. The first-order valence-corrected chi connectivity index (χ1v) is 6.62. The van der Waals surface area contributed by atoms with Gasteiger partial charge in [0.1, 0.15) is 5.75 Å². The first-order chi connectivity index (χ1) is 9.97. The number of carbonyl (C=O) groups excluding carboxylic acids is 2. The molecule has 1 fully saturated rings. The number of rotatable bonds is 5. The number of halogens is 2. The van der Waals surface area contributed by atoms with Crippen LogP contribution in [0.1, 0.15) is 29.6 Å². The lowest BCUT2D eigenvalue weighted by molar-refractivity contribution is -0.122. The molecule has 1 aliphatic carbocycles. The predicted molar refractivity (Wildman–Crippen MR) is 70.9 cm³/mol. The molecule has 7 heteroatoms. The van der Waals surface area contributed by atoms with E-state index >= 15 is 0 Å². The van der Waals surface area contributed by atoms with Crippen LogP contribution in [0.3, 0.4) is 0 Å². The first kappa shape index (κ1) is 15.2. The Morgan fingerprint density at radius 1 is 1.33 bits per heavy atom. The quantitative estimate of drug-likeness (QED) is 0.867. The Balaban J connectivity index is 2.04. The van der Waals surface area contributed by atoms with Crippen molar-refractivity contribution in [3.8, 4) is 5.75 Å². The topological polar surface area (TPSA) is 81.4 Å². The maximum atomic E-state index is 12.1. The second-order valence-corrected chi connectivity index (χ2v) is 4.93. The van der Waals surface area contributed by atoms with E-state index in [4.69, 9.17) is 5.73 Å². The second kappa shape index (κ2) is 6.51. The minimum atomic E-state index is -2.95. The highest BCUT2D eigenvalue weighted by atomic mass is 19.3. The van der Waals surface area contributed by atoms with Gasteiger partial charge in [-0.3, -0.25) is 9.59 Å². The zero-order valence-electron chi connectivity index (χ0n) is 11.2. The summed E-state index contributed by atoms with van der Waals surface area (Å²) in [5.74, 6) is -1.34. The number of alkyl halides is 2. The van der Waals surface area contributed by atoms with E-state index in [2.05, 4.69) is 10.1 Å². The van der Waals surface area contributed by atoms with E-state index in [1.807, 2.05) is 0 Å². The van der Waals surface area contributed by atoms with Crippen molar-refractivity contribution in [2.24, 2.45) is 11.7 Å². The normalized spacial score (nSPS) is 21.3. The summed E-state index contributed by atoms with van der Waals surface area (Å²) in [5.41, 5.74) is 5.49. The lowest BCUT2D eigenvalue weighted by atomic mass is 10.0. The molecule has 1 aliphatic rings. The molecule has 5 nitrogen and oxygen atoms in total. The lowest BCUT2D eigenvalue weighted by Gasteiger charge is -2.18. The molecular formula is C14H16F2N2O3. The zero-order chi connectivity index (χ0) is 15.4. The minimum Gasteiger partial charge on any atom is -0.435 e. The van der Waals surface area contributed by atoms with Crippen molar-refractivity contribution < 1.29 is 23.1 Å². The van der Waals surface area contributed by atoms with Crippen LogP contribution in [0.4, 0.5) is 8.78 Å². The van der Waals surface area contributed by atoms with Crippen LogP contribution in [0.15, 0.2) is 24.3 Å². The molecule has 0 saturated heterocycles. The number of hydrogen-bond donors (Lipinski definition) is 2. The van der Waals surface area contributed by atoms with Gasteiger partial charge in [-0.1, -0.05) is 12.5 Å². The van der Waals surface area contributed by atoms with Gasteiger partial charge in [-0.05, 0) is 31.0 Å². The summed E-state index contributed by atoms with van der Waals surface area (Å²) in [6.07, 6.45) is 2.13. The van der Waals surface area contributed by atoms with Crippen molar-refractivity contribution in [1.29, 1.82) is 0 Å². The third kappa shape index (κ3) is 3.90. The summed E-state index contributed by atoms with van der Waals surface area (Å²) >= 11 is 0. The Labute approximate surface area is 120 Å². The van der Waals surface area contributed by atoms with Gasteiger partial charge >= 0.3 is 6.61 Å². The zero-order valence-corrected chi connectivity index (χ0v) is 11.2. The highest BCUT2D eigenvalue weighted by Gasteiger charge is 2.32. The third-order valence-electron chi connectivity index (χ3n) is 3.52. The Morgan fingerprint density at radius 2 is 2.10 bits per heavy atom. The number of carbonyl (C=O) groups is 2. The van der Waals surface area contributed by atoms with Gasteiger partial charge in [0.2, 0.25) is 5.91 Å². The molecule has 1 aromatic rings. The molecule has 0 unspecified atom stereocenters. The maximum Gasteiger partial charge on any atom is 0.387 e. The summed E-state index contributed by atoms with van der Waals surface area (Å²) in [7, 11) is 0. The molecule has 0 heterocycles. The molecule has 0 bridgehead atoms. The van der Waals surface area contributed by atoms with Crippen molar-refractivity contribution in [3.05, 3.63) is 29.8 Å². The van der Waals surface area contributed by atoms with Crippen LogP contribution in [0.25, 0.3) is 0 Å². The number of nitrogens with two attached hydrogens (primary N) is 1. The maximum absolute atomic E-state index is 12.1. The van der Waals surface area contributed by atoms with E-state index in [1.165, 1.54) is 24.3 Å². The van der Waals surface area contributed by atoms with Gasteiger partial charge in [0.25, 0.3) is 5.91 Å². The van der Waals surface area contributed by atoms with Crippen LogP contribution in [-0.4, -0.2) is 24.5 Å². The Bertz CT molecular complexity index is 537. The first-order valence-electron chi connectivity index (χ1n) is 6.62. The predicted octanol–water partition coefficient (Wildman–Crippen LogP) is 1.67. The molecule has 2 atom stereocenters. The summed E-state index contributed by atoms with van der Waals surface area (Å²) < 4.78 is 28.5. The van der Waals surface area contributed by atoms with Crippen LogP contribution in [0.2, 0.25) is 0 Å². The summed E-state index contributed by atoms with van der Waals surface area (Å²) in [6, 6.07) is 5.20. The van der Waals surface area contributed by atoms with Gasteiger partial charge in [-0.2, -0.15) is 8.78 Å². The van der Waals surface area contributed by atoms with Crippen LogP contribution in [-0.2, 0) is 4.79 Å². The molecule has 21 heavy (non-hydrogen) atoms. The molecule has 1 aromatic carbocycles. The third-order valence-corrected chi connectivity index (χ3v) is 3.52. The van der Waals surface area contributed by atoms with Crippen LogP contribution in [0, 0.1) is 5.92 Å². The number of benzene rings is 1. The molecule has 0 spiro atoms. The summed E-state index contributed by atoms with van der Waals surface area (Å²) in [5, 5.41) is 2.72. The van der Waals surface area contributed by atoms with Gasteiger partial charge < -0.3 is 15.8 Å². The fourth-order valence-electron chi connectivity index (χ4n) is 2.54. The van der Waals surface area contributed by atoms with E-state index in [-0.39, 0.29) is 23.3 Å². The molecule has 114 valence electrons. The number of amides is 2. The van der Waals surface area contributed by atoms with Crippen molar-refractivity contribution in [1.82, 2.24) is 5.32 Å². The Morgan fingerprint density at radius 3 is 2.76 bits per heavy atom. The van der Waals surface area contributed by atoms with Crippen LogP contribution >= 0.6 is 0 Å². The fraction of sp³-hybridized carbons (Fsp3) is 0.429. The SMILES string of the molecule is NC(=O)[C@H]1CCC[C@H]1NC(=O)c1cccc(OC(F)F)c1. The van der Waals surface area contributed by atoms with Crippen molar-refractivity contribution >= 4 is 11.8 Å². The van der Waals surface area contributed by atoms with Crippen molar-refractivity contribution in [2.75, 3.05) is 0 Å². The number of primary amides is 1. The average Bonchev–Trinajstić information content (AvgIpc) is 2.86. The monoisotopic (exact) mass is 298 g/mol. The average molecular weight is 298 g/mol. The highest BCUT2D eigenvalue weighted by molar-refractivity contribution is 5.95. The van der Waals surface area contributed by atoms with Gasteiger partial charge in [0.05, 0.1) is 5.92 Å². The molecule has 2 rings (SSSR count). The highest BCUT2D eigenvalue weighted by Crippen LogP contribution is 2.26. The summed E-state index contributed by atoms with van der Waals surface area (Å²) in [4.78, 5) is 23.4. The second-order valence-electron chi connectivity index (χ2n) is 4.93. The fourth-order valence-corrected chi connectivity index (χ4v) is 2.54. The summed E-state index contributed by atoms with van der Waals surface area (Å²) in [6.45, 7) is -2.95. The Kier molecular flexibility index (Phi) is 4.72. The molecule has 1 saturated carbocycles. The molecule has 3 N–H and O–H groups in total. The van der Waals surface area contributed by atoms with E-state index in [1.54, 1.807) is 0 Å². The molecule has 0 radical (unpaired) electrons. The number of ether oxygens (including phenoxy) is 1.